The summed E-state index contributed by atoms with van der Waals surface area (Å²) in [5.74, 6) is 1.94. The molecule has 0 fully saturated rings. The van der Waals surface area contributed by atoms with Crippen LogP contribution in [0.25, 0.3) is 0 Å². The molecule has 0 heterocycles. The average molecular weight is 198 g/mol. The summed E-state index contributed by atoms with van der Waals surface area (Å²) in [7, 11) is 4.17. The fraction of sp³-hybridized carbons (Fsp3) is 0.917. The summed E-state index contributed by atoms with van der Waals surface area (Å²) < 4.78 is 0. The predicted octanol–water partition coefficient (Wildman–Crippen LogP) is 3.18. The van der Waals surface area contributed by atoms with Gasteiger partial charge in [0.25, 0.3) is 0 Å². The number of amidine groups is 1. The molecule has 0 saturated carbocycles. The van der Waals surface area contributed by atoms with Crippen LogP contribution in [0, 0.1) is 5.92 Å². The van der Waals surface area contributed by atoms with Crippen LogP contribution in [0.1, 0.15) is 46.5 Å². The number of nitrogens with zero attached hydrogens (tertiary/aromatic N) is 2. The van der Waals surface area contributed by atoms with Gasteiger partial charge in [0.05, 0.1) is 5.84 Å². The Bertz CT molecular complexity index is 160. The smallest absolute Gasteiger partial charge is 0.0986 e. The third-order valence-corrected chi connectivity index (χ3v) is 2.16. The zero-order valence-electron chi connectivity index (χ0n) is 10.5. The highest BCUT2D eigenvalue weighted by Gasteiger charge is 2.04. The Morgan fingerprint density at radius 3 is 2.29 bits per heavy atom. The van der Waals surface area contributed by atoms with E-state index in [1.54, 1.807) is 0 Å². The summed E-state index contributed by atoms with van der Waals surface area (Å²) in [6.45, 7) is 7.70. The van der Waals surface area contributed by atoms with Crippen molar-refractivity contribution >= 4 is 5.84 Å². The number of unbranched alkanes of at least 4 members (excludes halogenated alkanes) is 2. The van der Waals surface area contributed by atoms with E-state index in [2.05, 4.69) is 44.8 Å². The average Bonchev–Trinajstić information content (AvgIpc) is 2.09. The van der Waals surface area contributed by atoms with E-state index in [0.29, 0.717) is 5.92 Å². The quantitative estimate of drug-likeness (QED) is 0.363. The van der Waals surface area contributed by atoms with Gasteiger partial charge in [-0.05, 0) is 12.3 Å². The van der Waals surface area contributed by atoms with E-state index in [4.69, 9.17) is 0 Å². The highest BCUT2D eigenvalue weighted by Crippen LogP contribution is 2.04. The molecular weight excluding hydrogens is 172 g/mol. The van der Waals surface area contributed by atoms with Crippen LogP contribution in [0.2, 0.25) is 0 Å². The Kier molecular flexibility index (Phi) is 7.54. The summed E-state index contributed by atoms with van der Waals surface area (Å²) >= 11 is 0. The van der Waals surface area contributed by atoms with E-state index in [1.807, 2.05) is 0 Å². The molecule has 0 N–H and O–H groups in total. The number of aliphatic imine (C=N–C) groups is 1. The topological polar surface area (TPSA) is 15.6 Å². The van der Waals surface area contributed by atoms with Gasteiger partial charge >= 0.3 is 0 Å². The lowest BCUT2D eigenvalue weighted by atomic mass is 10.1. The molecular formula is C12H26N2. The number of rotatable bonds is 6. The summed E-state index contributed by atoms with van der Waals surface area (Å²) in [6.07, 6.45) is 4.90. The molecule has 0 aliphatic carbocycles. The molecule has 0 radical (unpaired) electrons. The number of hydrogen-bond donors (Lipinski definition) is 0. The Hall–Kier alpha value is -0.530. The normalized spacial score (nSPS) is 12.3. The molecule has 0 saturated heterocycles. The van der Waals surface area contributed by atoms with Gasteiger partial charge in [0, 0.05) is 27.1 Å². The maximum Gasteiger partial charge on any atom is 0.0986 e. The van der Waals surface area contributed by atoms with Crippen molar-refractivity contribution in [3.8, 4) is 0 Å². The van der Waals surface area contributed by atoms with Crippen LogP contribution >= 0.6 is 0 Å². The van der Waals surface area contributed by atoms with E-state index in [1.165, 1.54) is 25.1 Å². The van der Waals surface area contributed by atoms with Crippen molar-refractivity contribution in [1.82, 2.24) is 4.90 Å². The van der Waals surface area contributed by atoms with Gasteiger partial charge < -0.3 is 4.90 Å². The Morgan fingerprint density at radius 2 is 1.86 bits per heavy atom. The lowest BCUT2D eigenvalue weighted by molar-refractivity contribution is 0.558. The first-order chi connectivity index (χ1) is 6.57. The van der Waals surface area contributed by atoms with Crippen molar-refractivity contribution in [1.29, 1.82) is 0 Å². The molecule has 0 aliphatic heterocycles. The van der Waals surface area contributed by atoms with Gasteiger partial charge in [-0.3, -0.25) is 4.99 Å². The third-order valence-electron chi connectivity index (χ3n) is 2.16. The van der Waals surface area contributed by atoms with Crippen molar-refractivity contribution in [2.45, 2.75) is 46.5 Å². The van der Waals surface area contributed by atoms with Crippen LogP contribution in [0.4, 0.5) is 0 Å². The lowest BCUT2D eigenvalue weighted by Crippen LogP contribution is -2.24. The molecule has 0 bridgehead atoms. The summed E-state index contributed by atoms with van der Waals surface area (Å²) in [4.78, 5) is 6.79. The van der Waals surface area contributed by atoms with E-state index < -0.39 is 0 Å². The monoisotopic (exact) mass is 198 g/mol. The van der Waals surface area contributed by atoms with Crippen molar-refractivity contribution in [2.75, 3.05) is 20.6 Å². The second-order valence-corrected chi connectivity index (χ2v) is 4.50. The second kappa shape index (κ2) is 7.84. The number of hydrogen-bond acceptors (Lipinski definition) is 1. The van der Waals surface area contributed by atoms with Gasteiger partial charge in [-0.1, -0.05) is 33.6 Å². The van der Waals surface area contributed by atoms with Crippen LogP contribution in [-0.4, -0.2) is 31.4 Å². The summed E-state index contributed by atoms with van der Waals surface area (Å²) in [5, 5.41) is 0. The fourth-order valence-corrected chi connectivity index (χ4v) is 1.32. The standard InChI is InChI=1S/C12H26N2/c1-6-7-8-9-13-12(14(4)5)10-11(2)3/h11H,6-10H2,1-5H3. The Morgan fingerprint density at radius 1 is 1.21 bits per heavy atom. The summed E-state index contributed by atoms with van der Waals surface area (Å²) in [5.41, 5.74) is 0. The maximum absolute atomic E-state index is 4.64. The van der Waals surface area contributed by atoms with Crippen molar-refractivity contribution in [3.63, 3.8) is 0 Å². The lowest BCUT2D eigenvalue weighted by Gasteiger charge is -2.17. The van der Waals surface area contributed by atoms with Gasteiger partial charge in [0.15, 0.2) is 0 Å². The van der Waals surface area contributed by atoms with Crippen LogP contribution in [0.5, 0.6) is 0 Å². The molecule has 0 aromatic rings. The van der Waals surface area contributed by atoms with Gasteiger partial charge in [0.2, 0.25) is 0 Å². The molecule has 0 aromatic heterocycles. The van der Waals surface area contributed by atoms with Gasteiger partial charge in [-0.25, -0.2) is 0 Å². The van der Waals surface area contributed by atoms with Gasteiger partial charge in [-0.15, -0.1) is 0 Å². The van der Waals surface area contributed by atoms with Crippen molar-refractivity contribution in [3.05, 3.63) is 0 Å². The van der Waals surface area contributed by atoms with E-state index in [0.717, 1.165) is 13.0 Å². The van der Waals surface area contributed by atoms with E-state index >= 15 is 0 Å². The van der Waals surface area contributed by atoms with Crippen molar-refractivity contribution < 1.29 is 0 Å². The highest BCUT2D eigenvalue weighted by molar-refractivity contribution is 5.81. The van der Waals surface area contributed by atoms with E-state index in [9.17, 15) is 0 Å². The minimum atomic E-state index is 0.697. The molecule has 0 aromatic carbocycles. The molecule has 0 atom stereocenters. The third kappa shape index (κ3) is 6.93. The fourth-order valence-electron chi connectivity index (χ4n) is 1.32. The molecule has 0 unspecified atom stereocenters. The molecule has 0 spiro atoms. The Balaban J connectivity index is 3.92. The van der Waals surface area contributed by atoms with Crippen LogP contribution in [-0.2, 0) is 0 Å². The SMILES string of the molecule is CCCCCN=C(CC(C)C)N(C)C. The van der Waals surface area contributed by atoms with E-state index in [-0.39, 0.29) is 0 Å². The van der Waals surface area contributed by atoms with Gasteiger partial charge in [-0.2, -0.15) is 0 Å². The molecule has 84 valence electrons. The molecule has 0 rings (SSSR count). The maximum atomic E-state index is 4.64. The Labute approximate surface area is 89.4 Å². The van der Waals surface area contributed by atoms with Crippen molar-refractivity contribution in [2.24, 2.45) is 10.9 Å². The first-order valence-corrected chi connectivity index (χ1v) is 5.78. The summed E-state index contributed by atoms with van der Waals surface area (Å²) in [6, 6.07) is 0. The zero-order chi connectivity index (χ0) is 11.0. The largest absolute Gasteiger partial charge is 0.366 e. The predicted molar refractivity (Wildman–Crippen MR) is 65.0 cm³/mol. The molecule has 14 heavy (non-hydrogen) atoms. The molecule has 2 heteroatoms. The minimum absolute atomic E-state index is 0.697. The first kappa shape index (κ1) is 13.5. The zero-order valence-corrected chi connectivity index (χ0v) is 10.5. The first-order valence-electron chi connectivity index (χ1n) is 5.78. The van der Waals surface area contributed by atoms with Crippen LogP contribution in [0.3, 0.4) is 0 Å². The molecule has 0 amide bonds. The van der Waals surface area contributed by atoms with Crippen LogP contribution < -0.4 is 0 Å². The molecule has 2 nitrogen and oxygen atoms in total. The molecule has 0 aliphatic rings. The highest BCUT2D eigenvalue weighted by atomic mass is 15.1. The second-order valence-electron chi connectivity index (χ2n) is 4.50. The van der Waals surface area contributed by atoms with Crippen LogP contribution in [0.15, 0.2) is 4.99 Å². The van der Waals surface area contributed by atoms with Gasteiger partial charge in [0.1, 0.15) is 0 Å². The minimum Gasteiger partial charge on any atom is -0.366 e.